The Hall–Kier alpha value is -4.15. The number of allylic oxidation sites excluding steroid dienone is 1. The molecule has 0 fully saturated rings. The van der Waals surface area contributed by atoms with Crippen molar-refractivity contribution in [2.45, 2.75) is 17.5 Å². The summed E-state index contributed by atoms with van der Waals surface area (Å²) in [6.07, 6.45) is 1.72. The molecule has 0 spiro atoms. The summed E-state index contributed by atoms with van der Waals surface area (Å²) in [6.45, 7) is 4.26. The third-order valence-electron chi connectivity index (χ3n) is 6.43. The average Bonchev–Trinajstić information content (AvgIpc) is 3.39. The van der Waals surface area contributed by atoms with Gasteiger partial charge in [0.1, 0.15) is 11.6 Å². The number of ether oxygens (including phenoxy) is 3. The van der Waals surface area contributed by atoms with Crippen LogP contribution in [0.15, 0.2) is 72.4 Å². The van der Waals surface area contributed by atoms with Gasteiger partial charge in [0.2, 0.25) is 5.75 Å². The molecule has 0 atom stereocenters. The highest BCUT2D eigenvalue weighted by Crippen LogP contribution is 2.42. The Balaban J connectivity index is 1.63. The van der Waals surface area contributed by atoms with Gasteiger partial charge >= 0.3 is 0 Å². The Morgan fingerprint density at radius 1 is 0.951 bits per heavy atom. The van der Waals surface area contributed by atoms with Gasteiger partial charge in [-0.15, -0.1) is 16.8 Å². The maximum Gasteiger partial charge on any atom is 0.203 e. The van der Waals surface area contributed by atoms with E-state index in [0.29, 0.717) is 40.5 Å². The number of aromatic nitrogens is 4. The molecule has 0 aliphatic rings. The number of halogens is 3. The second-order valence-corrected chi connectivity index (χ2v) is 10.1. The molecule has 2 heterocycles. The van der Waals surface area contributed by atoms with Crippen LogP contribution < -0.4 is 14.2 Å². The molecule has 0 bridgehead atoms. The number of benzene rings is 3. The van der Waals surface area contributed by atoms with Gasteiger partial charge in [-0.2, -0.15) is 0 Å². The van der Waals surface area contributed by atoms with E-state index >= 15 is 0 Å². The SMILES string of the molecule is C=CCn1c(SCc2c(F)ccc(F)c2Cl)nnc1-c1cc(-c2cc(OC)c(OC)c(OC)c2)nc2ccccc12. The van der Waals surface area contributed by atoms with Gasteiger partial charge in [0, 0.05) is 34.4 Å². The quantitative estimate of drug-likeness (QED) is 0.0936. The number of hydrogen-bond acceptors (Lipinski definition) is 7. The van der Waals surface area contributed by atoms with E-state index in [4.69, 9.17) is 30.8 Å². The minimum absolute atomic E-state index is 0.0606. The Kier molecular flexibility index (Phi) is 8.41. The smallest absolute Gasteiger partial charge is 0.203 e. The van der Waals surface area contributed by atoms with Crippen LogP contribution in [0.2, 0.25) is 5.02 Å². The fourth-order valence-electron chi connectivity index (χ4n) is 4.46. The van der Waals surface area contributed by atoms with Gasteiger partial charge in [-0.3, -0.25) is 4.57 Å². The first-order valence-electron chi connectivity index (χ1n) is 12.4. The lowest BCUT2D eigenvalue weighted by Crippen LogP contribution is -2.02. The lowest BCUT2D eigenvalue weighted by molar-refractivity contribution is 0.324. The minimum atomic E-state index is -0.681. The molecule has 7 nitrogen and oxygen atoms in total. The molecular formula is C30H25ClF2N4O3S. The summed E-state index contributed by atoms with van der Waals surface area (Å²) in [5.74, 6) is 0.817. The highest BCUT2D eigenvalue weighted by Gasteiger charge is 2.21. The van der Waals surface area contributed by atoms with E-state index in [-0.39, 0.29) is 16.3 Å². The summed E-state index contributed by atoms with van der Waals surface area (Å²) >= 11 is 7.25. The van der Waals surface area contributed by atoms with Crippen LogP contribution >= 0.6 is 23.4 Å². The van der Waals surface area contributed by atoms with Crippen LogP contribution in [0.5, 0.6) is 17.2 Å². The van der Waals surface area contributed by atoms with Crippen LogP contribution in [0.1, 0.15) is 5.56 Å². The average molecular weight is 595 g/mol. The van der Waals surface area contributed by atoms with Crippen molar-refractivity contribution in [3.8, 4) is 39.9 Å². The molecule has 0 saturated carbocycles. The highest BCUT2D eigenvalue weighted by atomic mass is 35.5. The number of hydrogen-bond donors (Lipinski definition) is 0. The Bertz CT molecular complexity index is 1740. The summed E-state index contributed by atoms with van der Waals surface area (Å²) in [7, 11) is 4.66. The summed E-state index contributed by atoms with van der Waals surface area (Å²) in [6, 6.07) is 15.3. The summed E-state index contributed by atoms with van der Waals surface area (Å²) in [4.78, 5) is 4.90. The van der Waals surface area contributed by atoms with Gasteiger partial charge in [0.05, 0.1) is 37.6 Å². The fourth-order valence-corrected chi connectivity index (χ4v) is 5.73. The zero-order chi connectivity index (χ0) is 29.1. The molecular weight excluding hydrogens is 570 g/mol. The van der Waals surface area contributed by atoms with Crippen molar-refractivity contribution in [3.05, 3.63) is 89.5 Å². The van der Waals surface area contributed by atoms with Gasteiger partial charge < -0.3 is 14.2 Å². The Morgan fingerprint density at radius 2 is 1.66 bits per heavy atom. The minimum Gasteiger partial charge on any atom is -0.493 e. The number of rotatable bonds is 10. The van der Waals surface area contributed by atoms with Crippen LogP contribution in [0.25, 0.3) is 33.5 Å². The molecule has 0 aliphatic heterocycles. The third kappa shape index (κ3) is 5.45. The van der Waals surface area contributed by atoms with E-state index in [0.717, 1.165) is 34.2 Å². The number of nitrogens with zero attached hydrogens (tertiary/aromatic N) is 4. The van der Waals surface area contributed by atoms with E-state index in [1.54, 1.807) is 27.4 Å². The first-order chi connectivity index (χ1) is 19.9. The van der Waals surface area contributed by atoms with Crippen molar-refractivity contribution >= 4 is 34.3 Å². The molecule has 11 heteroatoms. The lowest BCUT2D eigenvalue weighted by Gasteiger charge is -2.15. The Morgan fingerprint density at radius 3 is 2.34 bits per heavy atom. The maximum atomic E-state index is 14.4. The Labute approximate surface area is 244 Å². The molecule has 5 aromatic rings. The zero-order valence-electron chi connectivity index (χ0n) is 22.5. The molecule has 0 N–H and O–H groups in total. The van der Waals surface area contributed by atoms with Crippen LogP contribution in [-0.2, 0) is 12.3 Å². The van der Waals surface area contributed by atoms with Crippen LogP contribution in [-0.4, -0.2) is 41.1 Å². The molecule has 2 aromatic heterocycles. The van der Waals surface area contributed by atoms with E-state index in [1.807, 2.05) is 47.0 Å². The van der Waals surface area contributed by atoms with Gasteiger partial charge in [-0.25, -0.2) is 13.8 Å². The molecule has 0 amide bonds. The van der Waals surface area contributed by atoms with Crippen LogP contribution in [0.3, 0.4) is 0 Å². The van der Waals surface area contributed by atoms with Gasteiger partial charge in [0.25, 0.3) is 0 Å². The molecule has 5 rings (SSSR count). The van der Waals surface area contributed by atoms with Crippen molar-refractivity contribution in [2.75, 3.05) is 21.3 Å². The summed E-state index contributed by atoms with van der Waals surface area (Å²) in [5.41, 5.74) is 2.96. The van der Waals surface area contributed by atoms with E-state index < -0.39 is 11.6 Å². The zero-order valence-corrected chi connectivity index (χ0v) is 24.0. The molecule has 0 aliphatic carbocycles. The normalized spacial score (nSPS) is 11.1. The predicted octanol–water partition coefficient (Wildman–Crippen LogP) is 7.60. The highest BCUT2D eigenvalue weighted by molar-refractivity contribution is 7.98. The monoisotopic (exact) mass is 594 g/mol. The number of fused-ring (bicyclic) bond motifs is 1. The number of para-hydroxylation sites is 1. The van der Waals surface area contributed by atoms with Crippen molar-refractivity contribution in [2.24, 2.45) is 0 Å². The van der Waals surface area contributed by atoms with Gasteiger partial charge in [-0.05, 0) is 36.4 Å². The second-order valence-electron chi connectivity index (χ2n) is 8.80. The topological polar surface area (TPSA) is 71.3 Å². The van der Waals surface area contributed by atoms with Crippen molar-refractivity contribution < 1.29 is 23.0 Å². The molecule has 0 radical (unpaired) electrons. The largest absolute Gasteiger partial charge is 0.493 e. The first-order valence-corrected chi connectivity index (χ1v) is 13.8. The third-order valence-corrected chi connectivity index (χ3v) is 7.83. The summed E-state index contributed by atoms with van der Waals surface area (Å²) < 4.78 is 46.9. The predicted molar refractivity (Wildman–Crippen MR) is 157 cm³/mol. The van der Waals surface area contributed by atoms with E-state index in [2.05, 4.69) is 16.8 Å². The molecule has 0 unspecified atom stereocenters. The standard InChI is InChI=1S/C30H25ClF2N4O3S/c1-5-12-37-29(35-36-30(37)41-16-20-21(32)10-11-22(33)27(20)31)19-15-24(34-23-9-7-6-8-18(19)23)17-13-25(38-2)28(40-4)26(14-17)39-3/h5-11,13-15H,1,12,16H2,2-4H3. The van der Waals surface area contributed by atoms with Gasteiger partial charge in [0.15, 0.2) is 22.5 Å². The number of methoxy groups -OCH3 is 3. The van der Waals surface area contributed by atoms with Crippen molar-refractivity contribution in [3.63, 3.8) is 0 Å². The summed E-state index contributed by atoms with van der Waals surface area (Å²) in [5, 5.41) is 10.00. The van der Waals surface area contributed by atoms with Gasteiger partial charge in [-0.1, -0.05) is 47.6 Å². The maximum absolute atomic E-state index is 14.4. The lowest BCUT2D eigenvalue weighted by atomic mass is 10.0. The molecule has 41 heavy (non-hydrogen) atoms. The van der Waals surface area contributed by atoms with Crippen LogP contribution in [0.4, 0.5) is 8.78 Å². The molecule has 3 aromatic carbocycles. The van der Waals surface area contributed by atoms with E-state index in [1.165, 1.54) is 11.8 Å². The molecule has 210 valence electrons. The first kappa shape index (κ1) is 28.4. The fraction of sp³-hybridized carbons (Fsp3) is 0.167. The van der Waals surface area contributed by atoms with E-state index in [9.17, 15) is 8.78 Å². The van der Waals surface area contributed by atoms with Crippen molar-refractivity contribution in [1.82, 2.24) is 19.7 Å². The number of thioether (sulfide) groups is 1. The molecule has 0 saturated heterocycles. The second kappa shape index (κ2) is 12.2. The van der Waals surface area contributed by atoms with Crippen LogP contribution in [0, 0.1) is 11.6 Å². The number of pyridine rings is 1. The van der Waals surface area contributed by atoms with Crippen molar-refractivity contribution in [1.29, 1.82) is 0 Å².